The number of hydrogen-bond donors (Lipinski definition) is 0. The Morgan fingerprint density at radius 1 is 0.741 bits per heavy atom. The normalized spacial score (nSPS) is 21.0. The first-order valence-electron chi connectivity index (χ1n) is 9.93. The van der Waals surface area contributed by atoms with Crippen LogP contribution >= 0.6 is 0 Å². The lowest BCUT2D eigenvalue weighted by molar-refractivity contribution is 0.262. The van der Waals surface area contributed by atoms with Crippen molar-refractivity contribution in [1.82, 2.24) is 0 Å². The van der Waals surface area contributed by atoms with Gasteiger partial charge in [0.15, 0.2) is 0 Å². The first kappa shape index (κ1) is 18.3. The SMILES string of the molecule is CCC(CC)(c1ccc(OCC2CO2)cc1)c1ccc(OCC2CO2)cc1. The molecule has 2 aliphatic heterocycles. The molecule has 2 aliphatic rings. The third kappa shape index (κ3) is 4.28. The van der Waals surface area contributed by atoms with E-state index in [0.717, 1.165) is 37.6 Å². The smallest absolute Gasteiger partial charge is 0.119 e. The molecule has 2 atom stereocenters. The highest BCUT2D eigenvalue weighted by atomic mass is 16.6. The number of rotatable bonds is 10. The Labute approximate surface area is 161 Å². The molecule has 0 amide bonds. The zero-order valence-electron chi connectivity index (χ0n) is 16.1. The molecule has 4 rings (SSSR count). The minimum absolute atomic E-state index is 0.00370. The standard InChI is InChI=1S/C23H28O4/c1-3-23(4-2,17-5-9-19(10-6-17)24-13-21-15-26-21)18-7-11-20(12-8-18)25-14-22-16-27-22/h5-12,21-22H,3-4,13-16H2,1-2H3. The van der Waals surface area contributed by atoms with Crippen molar-refractivity contribution in [3.63, 3.8) is 0 Å². The van der Waals surface area contributed by atoms with Crippen LogP contribution < -0.4 is 9.47 Å². The first-order valence-corrected chi connectivity index (χ1v) is 9.93. The van der Waals surface area contributed by atoms with Gasteiger partial charge in [-0.2, -0.15) is 0 Å². The van der Waals surface area contributed by atoms with Gasteiger partial charge in [0.2, 0.25) is 0 Å². The topological polar surface area (TPSA) is 43.5 Å². The molecule has 2 saturated heterocycles. The average molecular weight is 368 g/mol. The molecule has 144 valence electrons. The highest BCUT2D eigenvalue weighted by Gasteiger charge is 2.31. The summed E-state index contributed by atoms with van der Waals surface area (Å²) in [6.07, 6.45) is 2.63. The second-order valence-electron chi connectivity index (χ2n) is 7.37. The van der Waals surface area contributed by atoms with Crippen LogP contribution in [0, 0.1) is 0 Å². The van der Waals surface area contributed by atoms with Crippen LogP contribution in [-0.4, -0.2) is 38.6 Å². The largest absolute Gasteiger partial charge is 0.491 e. The van der Waals surface area contributed by atoms with E-state index in [1.807, 2.05) is 0 Å². The Bertz CT molecular complexity index is 664. The quantitative estimate of drug-likeness (QED) is 0.585. The molecule has 0 N–H and O–H groups in total. The molecular weight excluding hydrogens is 340 g/mol. The van der Waals surface area contributed by atoms with E-state index in [4.69, 9.17) is 18.9 Å². The van der Waals surface area contributed by atoms with Gasteiger partial charge < -0.3 is 18.9 Å². The van der Waals surface area contributed by atoms with Crippen LogP contribution in [-0.2, 0) is 14.9 Å². The number of hydrogen-bond acceptors (Lipinski definition) is 4. The highest BCUT2D eigenvalue weighted by molar-refractivity contribution is 5.43. The minimum atomic E-state index is -0.00370. The minimum Gasteiger partial charge on any atom is -0.491 e. The summed E-state index contributed by atoms with van der Waals surface area (Å²) < 4.78 is 22.0. The third-order valence-electron chi connectivity index (χ3n) is 5.70. The lowest BCUT2D eigenvalue weighted by atomic mass is 9.70. The number of benzene rings is 2. The van der Waals surface area contributed by atoms with Crippen LogP contribution in [0.15, 0.2) is 48.5 Å². The second kappa shape index (κ2) is 7.91. The summed E-state index contributed by atoms with van der Waals surface area (Å²) in [7, 11) is 0. The van der Waals surface area contributed by atoms with E-state index in [1.165, 1.54) is 11.1 Å². The van der Waals surface area contributed by atoms with Crippen LogP contribution in [0.1, 0.15) is 37.8 Å². The fourth-order valence-electron chi connectivity index (χ4n) is 3.68. The summed E-state index contributed by atoms with van der Waals surface area (Å²) in [5, 5.41) is 0. The molecule has 2 aromatic rings. The maximum absolute atomic E-state index is 5.79. The number of epoxide rings is 2. The Hall–Kier alpha value is -2.04. The molecule has 0 bridgehead atoms. The summed E-state index contributed by atoms with van der Waals surface area (Å²) in [6, 6.07) is 17.1. The van der Waals surface area contributed by atoms with E-state index in [1.54, 1.807) is 0 Å². The maximum Gasteiger partial charge on any atom is 0.119 e. The molecule has 0 aromatic heterocycles. The second-order valence-corrected chi connectivity index (χ2v) is 7.37. The van der Waals surface area contributed by atoms with E-state index in [-0.39, 0.29) is 17.6 Å². The van der Waals surface area contributed by atoms with Gasteiger partial charge in [0.05, 0.1) is 13.2 Å². The van der Waals surface area contributed by atoms with Crippen molar-refractivity contribution in [3.8, 4) is 11.5 Å². The lowest BCUT2D eigenvalue weighted by Crippen LogP contribution is -2.26. The van der Waals surface area contributed by atoms with Crippen molar-refractivity contribution < 1.29 is 18.9 Å². The van der Waals surface area contributed by atoms with Gasteiger partial charge in [-0.05, 0) is 48.2 Å². The average Bonchev–Trinajstić information content (AvgIpc) is 3.63. The summed E-state index contributed by atoms with van der Waals surface area (Å²) >= 11 is 0. The van der Waals surface area contributed by atoms with Crippen LogP contribution in [0.25, 0.3) is 0 Å². The fourth-order valence-corrected chi connectivity index (χ4v) is 3.68. The van der Waals surface area contributed by atoms with E-state index < -0.39 is 0 Å². The van der Waals surface area contributed by atoms with E-state index in [0.29, 0.717) is 13.2 Å². The van der Waals surface area contributed by atoms with Gasteiger partial charge in [0.1, 0.15) is 36.9 Å². The molecule has 27 heavy (non-hydrogen) atoms. The molecule has 0 spiro atoms. The molecule has 0 radical (unpaired) electrons. The summed E-state index contributed by atoms with van der Waals surface area (Å²) in [5.41, 5.74) is 2.64. The molecule has 0 aliphatic carbocycles. The van der Waals surface area contributed by atoms with Crippen molar-refractivity contribution in [2.45, 2.75) is 44.3 Å². The van der Waals surface area contributed by atoms with Gasteiger partial charge >= 0.3 is 0 Å². The third-order valence-corrected chi connectivity index (χ3v) is 5.70. The summed E-state index contributed by atoms with van der Waals surface area (Å²) in [6.45, 7) is 7.43. The summed E-state index contributed by atoms with van der Waals surface area (Å²) in [4.78, 5) is 0. The molecule has 4 nitrogen and oxygen atoms in total. The molecule has 2 unspecified atom stereocenters. The molecule has 4 heteroatoms. The Balaban J connectivity index is 1.50. The van der Waals surface area contributed by atoms with Gasteiger partial charge in [0, 0.05) is 5.41 Å². The van der Waals surface area contributed by atoms with Crippen LogP contribution in [0.4, 0.5) is 0 Å². The van der Waals surface area contributed by atoms with Crippen molar-refractivity contribution >= 4 is 0 Å². The zero-order valence-corrected chi connectivity index (χ0v) is 16.1. The van der Waals surface area contributed by atoms with Crippen LogP contribution in [0.5, 0.6) is 11.5 Å². The van der Waals surface area contributed by atoms with Crippen LogP contribution in [0.2, 0.25) is 0 Å². The van der Waals surface area contributed by atoms with Gasteiger partial charge in [-0.15, -0.1) is 0 Å². The molecule has 2 fully saturated rings. The van der Waals surface area contributed by atoms with Crippen LogP contribution in [0.3, 0.4) is 0 Å². The zero-order chi connectivity index (χ0) is 18.7. The Kier molecular flexibility index (Phi) is 5.37. The molecular formula is C23H28O4. The van der Waals surface area contributed by atoms with E-state index in [2.05, 4.69) is 62.4 Å². The van der Waals surface area contributed by atoms with Crippen molar-refractivity contribution in [1.29, 1.82) is 0 Å². The monoisotopic (exact) mass is 368 g/mol. The van der Waals surface area contributed by atoms with E-state index in [9.17, 15) is 0 Å². The van der Waals surface area contributed by atoms with Crippen molar-refractivity contribution in [3.05, 3.63) is 59.7 Å². The predicted octanol–water partition coefficient (Wildman–Crippen LogP) is 4.35. The van der Waals surface area contributed by atoms with Gasteiger partial charge in [-0.1, -0.05) is 38.1 Å². The lowest BCUT2D eigenvalue weighted by Gasteiger charge is -2.33. The first-order chi connectivity index (χ1) is 13.2. The maximum atomic E-state index is 5.79. The fraction of sp³-hybridized carbons (Fsp3) is 0.478. The van der Waals surface area contributed by atoms with Gasteiger partial charge in [0.25, 0.3) is 0 Å². The molecule has 2 heterocycles. The van der Waals surface area contributed by atoms with E-state index >= 15 is 0 Å². The molecule has 2 aromatic carbocycles. The summed E-state index contributed by atoms with van der Waals surface area (Å²) in [5.74, 6) is 1.81. The number of ether oxygens (including phenoxy) is 4. The highest BCUT2D eigenvalue weighted by Crippen LogP contribution is 2.40. The van der Waals surface area contributed by atoms with Gasteiger partial charge in [-0.25, -0.2) is 0 Å². The molecule has 0 saturated carbocycles. The Morgan fingerprint density at radius 3 is 1.41 bits per heavy atom. The van der Waals surface area contributed by atoms with Crippen molar-refractivity contribution in [2.24, 2.45) is 0 Å². The predicted molar refractivity (Wildman–Crippen MR) is 105 cm³/mol. The van der Waals surface area contributed by atoms with Crippen molar-refractivity contribution in [2.75, 3.05) is 26.4 Å². The Morgan fingerprint density at radius 2 is 1.11 bits per heavy atom. The van der Waals surface area contributed by atoms with Gasteiger partial charge in [-0.3, -0.25) is 0 Å².